The minimum Gasteiger partial charge on any atom is -0.363 e. The van der Waals surface area contributed by atoms with Crippen LogP contribution in [0.5, 0.6) is 0 Å². The molecule has 0 radical (unpaired) electrons. The highest BCUT2D eigenvalue weighted by Gasteiger charge is 2.28. The van der Waals surface area contributed by atoms with Gasteiger partial charge in [0.2, 0.25) is 0 Å². The van der Waals surface area contributed by atoms with Crippen molar-refractivity contribution in [2.24, 2.45) is 20.0 Å². The Morgan fingerprint density at radius 2 is 1.77 bits per heavy atom. The summed E-state index contributed by atoms with van der Waals surface area (Å²) in [4.78, 5) is 24.6. The van der Waals surface area contributed by atoms with E-state index in [0.717, 1.165) is 35.8 Å². The summed E-state index contributed by atoms with van der Waals surface area (Å²) in [5.74, 6) is 0.172. The van der Waals surface area contributed by atoms with Gasteiger partial charge in [0.1, 0.15) is 17.7 Å². The van der Waals surface area contributed by atoms with Gasteiger partial charge in [-0.25, -0.2) is 9.18 Å². The molecule has 1 heterocycles. The average Bonchev–Trinajstić information content (AvgIpc) is 3.17. The summed E-state index contributed by atoms with van der Waals surface area (Å²) < 4.78 is 15.5. The zero-order valence-electron chi connectivity index (χ0n) is 14.8. The Bertz CT molecular complexity index is 963. The van der Waals surface area contributed by atoms with Crippen molar-refractivity contribution >= 4 is 5.82 Å². The van der Waals surface area contributed by atoms with Crippen LogP contribution in [0.25, 0.3) is 0 Å². The molecule has 0 aliphatic heterocycles. The largest absolute Gasteiger partial charge is 0.363 e. The highest BCUT2D eigenvalue weighted by atomic mass is 19.1. The number of nitrogens with one attached hydrogen (secondary N) is 1. The van der Waals surface area contributed by atoms with Crippen LogP contribution in [0.1, 0.15) is 42.9 Å². The van der Waals surface area contributed by atoms with Gasteiger partial charge in [0.05, 0.1) is 6.04 Å². The molecule has 7 heteroatoms. The van der Waals surface area contributed by atoms with Crippen molar-refractivity contribution in [1.29, 1.82) is 5.26 Å². The molecule has 0 saturated heterocycles. The lowest BCUT2D eigenvalue weighted by Gasteiger charge is -2.27. The lowest BCUT2D eigenvalue weighted by Crippen LogP contribution is -2.40. The number of rotatable bonds is 4. The van der Waals surface area contributed by atoms with E-state index in [2.05, 4.69) is 5.32 Å². The fourth-order valence-corrected chi connectivity index (χ4v) is 3.70. The molecule has 0 spiro atoms. The molecule has 0 amide bonds. The minimum absolute atomic E-state index is 0.0975. The summed E-state index contributed by atoms with van der Waals surface area (Å²) in [5.41, 5.74) is -0.349. The fourth-order valence-electron chi connectivity index (χ4n) is 3.70. The monoisotopic (exact) mass is 356 g/mol. The van der Waals surface area contributed by atoms with E-state index in [4.69, 9.17) is 0 Å². The number of hydrogen-bond donors (Lipinski definition) is 1. The van der Waals surface area contributed by atoms with Crippen molar-refractivity contribution in [2.45, 2.75) is 31.7 Å². The first-order valence-corrected chi connectivity index (χ1v) is 8.66. The van der Waals surface area contributed by atoms with Crippen LogP contribution >= 0.6 is 0 Å². The van der Waals surface area contributed by atoms with Gasteiger partial charge >= 0.3 is 5.69 Å². The van der Waals surface area contributed by atoms with Gasteiger partial charge in [-0.1, -0.05) is 25.0 Å². The second kappa shape index (κ2) is 7.16. The molecule has 1 aliphatic rings. The van der Waals surface area contributed by atoms with Crippen LogP contribution in [0.2, 0.25) is 0 Å². The van der Waals surface area contributed by atoms with Crippen LogP contribution in [-0.2, 0) is 14.1 Å². The lowest BCUT2D eigenvalue weighted by molar-refractivity contribution is 0.465. The second-order valence-electron chi connectivity index (χ2n) is 6.76. The number of benzene rings is 1. The van der Waals surface area contributed by atoms with Crippen molar-refractivity contribution in [1.82, 2.24) is 9.13 Å². The lowest BCUT2D eigenvalue weighted by atomic mass is 9.91. The van der Waals surface area contributed by atoms with Crippen LogP contribution < -0.4 is 16.6 Å². The fraction of sp³-hybridized carbons (Fsp3) is 0.421. The van der Waals surface area contributed by atoms with E-state index < -0.39 is 11.2 Å². The predicted molar refractivity (Wildman–Crippen MR) is 96.4 cm³/mol. The zero-order valence-corrected chi connectivity index (χ0v) is 14.8. The predicted octanol–water partition coefficient (Wildman–Crippen LogP) is 2.44. The molecule has 1 aliphatic carbocycles. The quantitative estimate of drug-likeness (QED) is 0.912. The highest BCUT2D eigenvalue weighted by Crippen LogP contribution is 2.38. The third-order valence-electron chi connectivity index (χ3n) is 5.17. The van der Waals surface area contributed by atoms with Crippen molar-refractivity contribution in [3.8, 4) is 6.07 Å². The van der Waals surface area contributed by atoms with E-state index in [-0.39, 0.29) is 29.2 Å². The van der Waals surface area contributed by atoms with E-state index in [9.17, 15) is 19.2 Å². The van der Waals surface area contributed by atoms with Gasteiger partial charge in [0.15, 0.2) is 5.56 Å². The van der Waals surface area contributed by atoms with Gasteiger partial charge < -0.3 is 5.32 Å². The number of aromatic nitrogens is 2. The van der Waals surface area contributed by atoms with Crippen LogP contribution in [0.3, 0.4) is 0 Å². The number of halogens is 1. The second-order valence-corrected chi connectivity index (χ2v) is 6.76. The molecule has 1 aromatic heterocycles. The molecular formula is C19H21FN4O2. The first kappa shape index (κ1) is 17.9. The van der Waals surface area contributed by atoms with Crippen LogP contribution in [0, 0.1) is 23.1 Å². The van der Waals surface area contributed by atoms with Crippen LogP contribution in [0.15, 0.2) is 33.9 Å². The molecule has 1 N–H and O–H groups in total. The van der Waals surface area contributed by atoms with Crippen molar-refractivity contribution in [3.05, 3.63) is 62.0 Å². The molecule has 1 unspecified atom stereocenters. The van der Waals surface area contributed by atoms with Crippen LogP contribution in [0.4, 0.5) is 10.2 Å². The molecule has 1 aromatic carbocycles. The number of nitrogens with zero attached hydrogens (tertiary/aromatic N) is 3. The maximum absolute atomic E-state index is 13.3. The van der Waals surface area contributed by atoms with E-state index in [1.807, 2.05) is 6.07 Å². The van der Waals surface area contributed by atoms with Gasteiger partial charge in [0.25, 0.3) is 5.56 Å². The number of nitriles is 1. The molecule has 1 saturated carbocycles. The first-order valence-electron chi connectivity index (χ1n) is 8.66. The average molecular weight is 356 g/mol. The maximum Gasteiger partial charge on any atom is 0.332 e. The molecular weight excluding hydrogens is 335 g/mol. The third-order valence-corrected chi connectivity index (χ3v) is 5.17. The number of anilines is 1. The third kappa shape index (κ3) is 3.15. The van der Waals surface area contributed by atoms with E-state index >= 15 is 0 Å². The first-order chi connectivity index (χ1) is 12.4. The maximum atomic E-state index is 13.3. The molecule has 2 aromatic rings. The molecule has 3 rings (SSSR count). The Balaban J connectivity index is 2.11. The summed E-state index contributed by atoms with van der Waals surface area (Å²) in [7, 11) is 2.88. The van der Waals surface area contributed by atoms with E-state index in [0.29, 0.717) is 0 Å². The Labute approximate surface area is 150 Å². The van der Waals surface area contributed by atoms with Gasteiger partial charge in [-0.05, 0) is 36.5 Å². The molecule has 6 nitrogen and oxygen atoms in total. The Kier molecular flexibility index (Phi) is 4.94. The molecule has 136 valence electrons. The minimum atomic E-state index is -0.623. The summed E-state index contributed by atoms with van der Waals surface area (Å²) in [5, 5.41) is 12.7. The normalized spacial score (nSPS) is 15.6. The summed E-state index contributed by atoms with van der Waals surface area (Å²) in [6, 6.07) is 7.91. The summed E-state index contributed by atoms with van der Waals surface area (Å²) in [6.07, 6.45) is 4.20. The molecule has 0 bridgehead atoms. The summed E-state index contributed by atoms with van der Waals surface area (Å²) >= 11 is 0. The van der Waals surface area contributed by atoms with Gasteiger partial charge in [-0.15, -0.1) is 0 Å². The molecule has 26 heavy (non-hydrogen) atoms. The SMILES string of the molecule is Cn1c(NC(c2ccc(F)cc2)C2CCCC2)c(C#N)c(=O)n(C)c1=O. The summed E-state index contributed by atoms with van der Waals surface area (Å²) in [6.45, 7) is 0. The zero-order chi connectivity index (χ0) is 18.8. The smallest absolute Gasteiger partial charge is 0.332 e. The highest BCUT2D eigenvalue weighted by molar-refractivity contribution is 5.53. The van der Waals surface area contributed by atoms with Crippen molar-refractivity contribution in [2.75, 3.05) is 5.32 Å². The van der Waals surface area contributed by atoms with E-state index in [1.165, 1.54) is 30.8 Å². The molecule has 1 atom stereocenters. The Hall–Kier alpha value is -2.88. The van der Waals surface area contributed by atoms with Crippen molar-refractivity contribution in [3.63, 3.8) is 0 Å². The van der Waals surface area contributed by atoms with Crippen LogP contribution in [-0.4, -0.2) is 9.13 Å². The van der Waals surface area contributed by atoms with Crippen molar-refractivity contribution < 1.29 is 4.39 Å². The van der Waals surface area contributed by atoms with E-state index in [1.54, 1.807) is 12.1 Å². The van der Waals surface area contributed by atoms with Gasteiger partial charge in [-0.3, -0.25) is 13.9 Å². The number of hydrogen-bond acceptors (Lipinski definition) is 4. The molecule has 1 fully saturated rings. The standard InChI is InChI=1S/C19H21FN4O2/c1-23-17(15(11-21)18(25)24(2)19(23)26)22-16(12-5-3-4-6-12)13-7-9-14(20)10-8-13/h7-10,12,16,22H,3-6H2,1-2H3. The Morgan fingerprint density at radius 3 is 2.35 bits per heavy atom. The van der Waals surface area contributed by atoms with Gasteiger partial charge in [0, 0.05) is 14.1 Å². The Morgan fingerprint density at radius 1 is 1.15 bits per heavy atom. The van der Waals surface area contributed by atoms with Gasteiger partial charge in [-0.2, -0.15) is 5.26 Å². The topological polar surface area (TPSA) is 79.8 Å².